The van der Waals surface area contributed by atoms with E-state index in [0.29, 0.717) is 6.61 Å². The predicted octanol–water partition coefficient (Wildman–Crippen LogP) is 2.79. The first-order chi connectivity index (χ1) is 5.24. The van der Waals surface area contributed by atoms with Gasteiger partial charge in [0.15, 0.2) is 0 Å². The third kappa shape index (κ3) is 2.21. The van der Waals surface area contributed by atoms with Crippen molar-refractivity contribution in [2.45, 2.75) is 13.5 Å². The van der Waals surface area contributed by atoms with Crippen LogP contribution in [0.5, 0.6) is 0 Å². The Hall–Kier alpha value is -0.530. The van der Waals surface area contributed by atoms with Crippen LogP contribution in [0.2, 0.25) is 5.02 Å². The molecule has 1 aromatic carbocycles. The molecule has 0 radical (unpaired) electrons. The van der Waals surface area contributed by atoms with E-state index in [-0.39, 0.29) is 0 Å². The highest BCUT2D eigenvalue weighted by Crippen LogP contribution is 2.15. The quantitative estimate of drug-likeness (QED) is 0.663. The number of methoxy groups -OCH3 is 1. The molecule has 0 amide bonds. The Morgan fingerprint density at radius 3 is 2.73 bits per heavy atom. The van der Waals surface area contributed by atoms with Crippen LogP contribution in [-0.4, -0.2) is 7.11 Å². The van der Waals surface area contributed by atoms with Crippen molar-refractivity contribution in [3.05, 3.63) is 34.3 Å². The van der Waals surface area contributed by atoms with Crippen LogP contribution in [0, 0.1) is 6.92 Å². The van der Waals surface area contributed by atoms with Crippen LogP contribution in [-0.2, 0) is 11.3 Å². The standard InChI is InChI=1S/C9H11ClO/c1-7-5-9(10)4-3-8(7)6-11-2/h3-5H,6H2,1-2H3. The second kappa shape index (κ2) is 3.74. The minimum absolute atomic E-state index is 0.656. The zero-order valence-corrected chi connectivity index (χ0v) is 7.48. The lowest BCUT2D eigenvalue weighted by Crippen LogP contribution is -1.90. The van der Waals surface area contributed by atoms with E-state index in [0.717, 1.165) is 5.02 Å². The van der Waals surface area contributed by atoms with Gasteiger partial charge in [-0.25, -0.2) is 0 Å². The summed E-state index contributed by atoms with van der Waals surface area (Å²) < 4.78 is 5.01. The summed E-state index contributed by atoms with van der Waals surface area (Å²) in [5.74, 6) is 0. The topological polar surface area (TPSA) is 9.23 Å². The van der Waals surface area contributed by atoms with Gasteiger partial charge in [0.1, 0.15) is 0 Å². The van der Waals surface area contributed by atoms with E-state index in [9.17, 15) is 0 Å². The minimum Gasteiger partial charge on any atom is -0.380 e. The fourth-order valence-corrected chi connectivity index (χ4v) is 1.20. The molecule has 1 aromatic rings. The number of aryl methyl sites for hydroxylation is 1. The minimum atomic E-state index is 0.656. The lowest BCUT2D eigenvalue weighted by atomic mass is 10.1. The van der Waals surface area contributed by atoms with Crippen molar-refractivity contribution in [1.29, 1.82) is 0 Å². The van der Waals surface area contributed by atoms with Crippen LogP contribution >= 0.6 is 11.6 Å². The molecule has 0 saturated carbocycles. The number of benzene rings is 1. The number of halogens is 1. The summed E-state index contributed by atoms with van der Waals surface area (Å²) in [6.07, 6.45) is 0. The summed E-state index contributed by atoms with van der Waals surface area (Å²) in [5.41, 5.74) is 2.37. The lowest BCUT2D eigenvalue weighted by molar-refractivity contribution is 0.184. The summed E-state index contributed by atoms with van der Waals surface area (Å²) in [6.45, 7) is 2.68. The smallest absolute Gasteiger partial charge is 0.0715 e. The lowest BCUT2D eigenvalue weighted by Gasteiger charge is -2.03. The molecule has 0 heterocycles. The highest BCUT2D eigenvalue weighted by Gasteiger charge is 1.96. The van der Waals surface area contributed by atoms with Gasteiger partial charge in [-0.2, -0.15) is 0 Å². The average molecular weight is 171 g/mol. The summed E-state index contributed by atoms with van der Waals surface area (Å²) in [6, 6.07) is 5.81. The Labute approximate surface area is 71.9 Å². The van der Waals surface area contributed by atoms with E-state index >= 15 is 0 Å². The Balaban J connectivity index is 2.90. The van der Waals surface area contributed by atoms with Gasteiger partial charge in [0.25, 0.3) is 0 Å². The monoisotopic (exact) mass is 170 g/mol. The van der Waals surface area contributed by atoms with E-state index in [2.05, 4.69) is 0 Å². The van der Waals surface area contributed by atoms with E-state index in [1.807, 2.05) is 25.1 Å². The SMILES string of the molecule is COCc1ccc(Cl)cc1C. The molecule has 2 heteroatoms. The van der Waals surface area contributed by atoms with Gasteiger partial charge in [0.05, 0.1) is 6.61 Å². The highest BCUT2D eigenvalue weighted by atomic mass is 35.5. The van der Waals surface area contributed by atoms with Crippen molar-refractivity contribution in [3.63, 3.8) is 0 Å². The summed E-state index contributed by atoms with van der Waals surface area (Å²) in [5, 5.41) is 0.780. The number of hydrogen-bond donors (Lipinski definition) is 0. The molecule has 0 aliphatic carbocycles. The van der Waals surface area contributed by atoms with Crippen LogP contribution in [0.15, 0.2) is 18.2 Å². The van der Waals surface area contributed by atoms with Crippen LogP contribution in [0.3, 0.4) is 0 Å². The normalized spacial score (nSPS) is 10.1. The molecule has 1 nitrogen and oxygen atoms in total. The molecule has 11 heavy (non-hydrogen) atoms. The second-order valence-electron chi connectivity index (χ2n) is 2.50. The molecule has 0 saturated heterocycles. The van der Waals surface area contributed by atoms with Crippen LogP contribution in [0.1, 0.15) is 11.1 Å². The first kappa shape index (κ1) is 8.57. The predicted molar refractivity (Wildman–Crippen MR) is 46.9 cm³/mol. The van der Waals surface area contributed by atoms with Gasteiger partial charge in [-0.15, -0.1) is 0 Å². The van der Waals surface area contributed by atoms with E-state index in [4.69, 9.17) is 16.3 Å². The van der Waals surface area contributed by atoms with Crippen molar-refractivity contribution in [1.82, 2.24) is 0 Å². The fourth-order valence-electron chi connectivity index (χ4n) is 0.977. The molecular formula is C9H11ClO. The van der Waals surface area contributed by atoms with E-state index in [1.165, 1.54) is 11.1 Å². The number of ether oxygens (including phenoxy) is 1. The molecule has 0 spiro atoms. The molecule has 0 atom stereocenters. The Morgan fingerprint density at radius 1 is 1.45 bits per heavy atom. The molecule has 0 unspecified atom stereocenters. The van der Waals surface area contributed by atoms with Gasteiger partial charge in [-0.05, 0) is 30.2 Å². The van der Waals surface area contributed by atoms with Crippen molar-refractivity contribution >= 4 is 11.6 Å². The van der Waals surface area contributed by atoms with Gasteiger partial charge >= 0.3 is 0 Å². The molecular weight excluding hydrogens is 160 g/mol. The number of hydrogen-bond acceptors (Lipinski definition) is 1. The summed E-state index contributed by atoms with van der Waals surface area (Å²) >= 11 is 5.78. The largest absolute Gasteiger partial charge is 0.380 e. The maximum atomic E-state index is 5.78. The Morgan fingerprint density at radius 2 is 2.18 bits per heavy atom. The van der Waals surface area contributed by atoms with Crippen LogP contribution in [0.4, 0.5) is 0 Å². The zero-order valence-electron chi connectivity index (χ0n) is 6.73. The molecule has 0 aromatic heterocycles. The molecule has 0 N–H and O–H groups in total. The zero-order chi connectivity index (χ0) is 8.27. The Kier molecular flexibility index (Phi) is 2.92. The van der Waals surface area contributed by atoms with Crippen LogP contribution in [0.25, 0.3) is 0 Å². The van der Waals surface area contributed by atoms with Gasteiger partial charge in [0.2, 0.25) is 0 Å². The molecule has 0 aliphatic heterocycles. The fraction of sp³-hybridized carbons (Fsp3) is 0.333. The molecule has 0 fully saturated rings. The average Bonchev–Trinajstić information content (AvgIpc) is 1.95. The van der Waals surface area contributed by atoms with Crippen molar-refractivity contribution in [3.8, 4) is 0 Å². The molecule has 1 rings (SSSR count). The van der Waals surface area contributed by atoms with E-state index < -0.39 is 0 Å². The summed E-state index contributed by atoms with van der Waals surface area (Å²) in [7, 11) is 1.69. The van der Waals surface area contributed by atoms with Gasteiger partial charge in [-0.1, -0.05) is 17.7 Å². The molecule has 60 valence electrons. The number of rotatable bonds is 2. The maximum absolute atomic E-state index is 5.78. The van der Waals surface area contributed by atoms with Gasteiger partial charge in [0, 0.05) is 12.1 Å². The van der Waals surface area contributed by atoms with Gasteiger partial charge < -0.3 is 4.74 Å². The highest BCUT2D eigenvalue weighted by molar-refractivity contribution is 6.30. The third-order valence-electron chi connectivity index (χ3n) is 1.60. The Bertz CT molecular complexity index is 245. The van der Waals surface area contributed by atoms with Crippen molar-refractivity contribution in [2.75, 3.05) is 7.11 Å². The first-order valence-corrected chi connectivity index (χ1v) is 3.86. The molecule has 0 aliphatic rings. The van der Waals surface area contributed by atoms with Crippen molar-refractivity contribution < 1.29 is 4.74 Å². The first-order valence-electron chi connectivity index (χ1n) is 3.48. The maximum Gasteiger partial charge on any atom is 0.0715 e. The van der Waals surface area contributed by atoms with E-state index in [1.54, 1.807) is 7.11 Å². The van der Waals surface area contributed by atoms with Crippen molar-refractivity contribution in [2.24, 2.45) is 0 Å². The second-order valence-corrected chi connectivity index (χ2v) is 2.94. The van der Waals surface area contributed by atoms with Crippen LogP contribution < -0.4 is 0 Å². The molecule has 0 bridgehead atoms. The summed E-state index contributed by atoms with van der Waals surface area (Å²) in [4.78, 5) is 0. The third-order valence-corrected chi connectivity index (χ3v) is 1.84. The van der Waals surface area contributed by atoms with Gasteiger partial charge in [-0.3, -0.25) is 0 Å².